The molecule has 0 aliphatic rings. The number of aryl methyl sites for hydroxylation is 2. The van der Waals surface area contributed by atoms with Gasteiger partial charge in [0, 0.05) is 12.3 Å². The Hall–Kier alpha value is -1.42. The molecule has 104 valence electrons. The lowest BCUT2D eigenvalue weighted by Gasteiger charge is -2.14. The van der Waals surface area contributed by atoms with Crippen LogP contribution in [0, 0.1) is 31.6 Å². The molecular weight excluding hydrogens is 232 g/mol. The van der Waals surface area contributed by atoms with Crippen LogP contribution < -0.4 is 4.74 Å². The molecule has 1 rings (SSSR count). The maximum absolute atomic E-state index is 5.71. The van der Waals surface area contributed by atoms with Gasteiger partial charge in [0.05, 0.1) is 6.61 Å². The normalized spacial score (nSPS) is 11.6. The summed E-state index contributed by atoms with van der Waals surface area (Å²) in [4.78, 5) is 0. The molecule has 1 aromatic carbocycles. The maximum atomic E-state index is 5.71. The van der Waals surface area contributed by atoms with Crippen molar-refractivity contribution < 1.29 is 4.74 Å². The van der Waals surface area contributed by atoms with Gasteiger partial charge in [-0.2, -0.15) is 0 Å². The molecule has 0 amide bonds. The predicted molar refractivity (Wildman–Crippen MR) is 82.6 cm³/mol. The Balaban J connectivity index is 2.84. The zero-order valence-corrected chi connectivity index (χ0v) is 13.0. The average molecular weight is 258 g/mol. The van der Waals surface area contributed by atoms with Crippen LogP contribution >= 0.6 is 0 Å². The van der Waals surface area contributed by atoms with E-state index in [2.05, 4.69) is 58.6 Å². The quantitative estimate of drug-likeness (QED) is 0.696. The van der Waals surface area contributed by atoms with Crippen molar-refractivity contribution in [1.29, 1.82) is 0 Å². The summed E-state index contributed by atoms with van der Waals surface area (Å²) in [6.45, 7) is 11.5. The number of hydrogen-bond acceptors (Lipinski definition) is 1. The van der Waals surface area contributed by atoms with E-state index in [4.69, 9.17) is 4.74 Å². The Morgan fingerprint density at radius 1 is 1.16 bits per heavy atom. The van der Waals surface area contributed by atoms with Crippen LogP contribution in [-0.4, -0.2) is 6.61 Å². The molecule has 1 aromatic rings. The smallest absolute Gasteiger partial charge is 0.119 e. The van der Waals surface area contributed by atoms with Crippen LogP contribution in [0.1, 0.15) is 50.3 Å². The van der Waals surface area contributed by atoms with Gasteiger partial charge in [-0.25, -0.2) is 0 Å². The molecule has 0 aromatic heterocycles. The lowest BCUT2D eigenvalue weighted by molar-refractivity contribution is 0.317. The van der Waals surface area contributed by atoms with Gasteiger partial charge in [-0.15, -0.1) is 5.92 Å². The molecule has 0 aliphatic heterocycles. The van der Waals surface area contributed by atoms with Crippen LogP contribution in [-0.2, 0) is 6.42 Å². The summed E-state index contributed by atoms with van der Waals surface area (Å²) >= 11 is 0. The first-order valence-corrected chi connectivity index (χ1v) is 7.29. The largest absolute Gasteiger partial charge is 0.494 e. The van der Waals surface area contributed by atoms with E-state index in [1.165, 1.54) is 16.7 Å². The van der Waals surface area contributed by atoms with E-state index in [-0.39, 0.29) is 0 Å². The molecule has 1 nitrogen and oxygen atoms in total. The monoisotopic (exact) mass is 258 g/mol. The molecule has 0 bridgehead atoms. The van der Waals surface area contributed by atoms with Crippen molar-refractivity contribution in [2.45, 2.75) is 53.9 Å². The second-order valence-electron chi connectivity index (χ2n) is 5.16. The first-order chi connectivity index (χ1) is 9.08. The zero-order chi connectivity index (χ0) is 14.3. The summed E-state index contributed by atoms with van der Waals surface area (Å²) in [7, 11) is 0. The van der Waals surface area contributed by atoms with Crippen molar-refractivity contribution in [2.24, 2.45) is 5.92 Å². The van der Waals surface area contributed by atoms with E-state index < -0.39 is 0 Å². The van der Waals surface area contributed by atoms with Crippen molar-refractivity contribution in [2.75, 3.05) is 6.61 Å². The van der Waals surface area contributed by atoms with E-state index in [1.807, 2.05) is 0 Å². The highest BCUT2D eigenvalue weighted by Gasteiger charge is 2.09. The first kappa shape index (κ1) is 15.6. The van der Waals surface area contributed by atoms with Gasteiger partial charge in [-0.05, 0) is 55.5 Å². The van der Waals surface area contributed by atoms with Crippen molar-refractivity contribution in [3.63, 3.8) is 0 Å². The molecule has 0 aliphatic carbocycles. The third kappa shape index (κ3) is 4.99. The summed E-state index contributed by atoms with van der Waals surface area (Å²) in [6.07, 6.45) is 3.01. The van der Waals surface area contributed by atoms with Gasteiger partial charge in [0.2, 0.25) is 0 Å². The Kier molecular flexibility index (Phi) is 6.50. The second kappa shape index (κ2) is 7.89. The first-order valence-electron chi connectivity index (χ1n) is 7.29. The molecule has 0 radical (unpaired) electrons. The van der Waals surface area contributed by atoms with Crippen molar-refractivity contribution >= 4 is 0 Å². The summed E-state index contributed by atoms with van der Waals surface area (Å²) < 4.78 is 5.71. The molecule has 0 saturated heterocycles. The van der Waals surface area contributed by atoms with Crippen LogP contribution in [0.2, 0.25) is 0 Å². The topological polar surface area (TPSA) is 9.23 Å². The SMILES string of the molecule is CCC#CC(C)Cc1c(C)cc(OCCC)cc1C. The number of ether oxygens (including phenoxy) is 1. The van der Waals surface area contributed by atoms with Crippen molar-refractivity contribution in [3.05, 3.63) is 28.8 Å². The molecule has 0 spiro atoms. The summed E-state index contributed by atoms with van der Waals surface area (Å²) in [5, 5.41) is 0. The molecule has 1 unspecified atom stereocenters. The average Bonchev–Trinajstić information content (AvgIpc) is 2.38. The van der Waals surface area contributed by atoms with Gasteiger partial charge in [0.1, 0.15) is 5.75 Å². The van der Waals surface area contributed by atoms with Crippen LogP contribution in [0.15, 0.2) is 12.1 Å². The van der Waals surface area contributed by atoms with Gasteiger partial charge in [0.15, 0.2) is 0 Å². The molecule has 0 saturated carbocycles. The van der Waals surface area contributed by atoms with Crippen molar-refractivity contribution in [1.82, 2.24) is 0 Å². The minimum Gasteiger partial charge on any atom is -0.494 e. The van der Waals surface area contributed by atoms with Gasteiger partial charge < -0.3 is 4.74 Å². The number of hydrogen-bond donors (Lipinski definition) is 0. The lowest BCUT2D eigenvalue weighted by atomic mass is 9.93. The van der Waals surface area contributed by atoms with E-state index in [0.717, 1.165) is 31.6 Å². The minimum atomic E-state index is 0.416. The molecule has 0 fully saturated rings. The standard InChI is InChI=1S/C18H26O/c1-6-8-9-14(3)11-18-15(4)12-17(13-16(18)5)19-10-7-2/h12-14H,6-7,10-11H2,1-5H3. The minimum absolute atomic E-state index is 0.416. The second-order valence-corrected chi connectivity index (χ2v) is 5.16. The van der Waals surface area contributed by atoms with E-state index in [9.17, 15) is 0 Å². The predicted octanol–water partition coefficient (Wildman–Crippen LogP) is 4.68. The van der Waals surface area contributed by atoms with Crippen LogP contribution in [0.25, 0.3) is 0 Å². The molecule has 1 heteroatoms. The molecule has 19 heavy (non-hydrogen) atoms. The molecule has 0 N–H and O–H groups in total. The Morgan fingerprint density at radius 3 is 2.32 bits per heavy atom. The van der Waals surface area contributed by atoms with Crippen LogP contribution in [0.3, 0.4) is 0 Å². The van der Waals surface area contributed by atoms with Crippen molar-refractivity contribution in [3.8, 4) is 17.6 Å². The third-order valence-corrected chi connectivity index (χ3v) is 3.18. The highest BCUT2D eigenvalue weighted by molar-refractivity contribution is 5.41. The highest BCUT2D eigenvalue weighted by atomic mass is 16.5. The van der Waals surface area contributed by atoms with Gasteiger partial charge in [0.25, 0.3) is 0 Å². The van der Waals surface area contributed by atoms with Gasteiger partial charge in [-0.3, -0.25) is 0 Å². The highest BCUT2D eigenvalue weighted by Crippen LogP contribution is 2.24. The summed E-state index contributed by atoms with van der Waals surface area (Å²) in [5.74, 6) is 7.88. The Morgan fingerprint density at radius 2 is 1.79 bits per heavy atom. The zero-order valence-electron chi connectivity index (χ0n) is 13.0. The molecular formula is C18H26O. The summed E-state index contributed by atoms with van der Waals surface area (Å²) in [5.41, 5.74) is 4.05. The number of benzene rings is 1. The Bertz CT molecular complexity index is 439. The Labute approximate surface area is 118 Å². The lowest BCUT2D eigenvalue weighted by Crippen LogP contribution is -2.03. The fourth-order valence-corrected chi connectivity index (χ4v) is 2.21. The van der Waals surface area contributed by atoms with E-state index in [1.54, 1.807) is 0 Å². The fraction of sp³-hybridized carbons (Fsp3) is 0.556. The molecule has 0 heterocycles. The summed E-state index contributed by atoms with van der Waals surface area (Å²) in [6, 6.07) is 4.30. The third-order valence-electron chi connectivity index (χ3n) is 3.18. The van der Waals surface area contributed by atoms with Crippen LogP contribution in [0.4, 0.5) is 0 Å². The molecule has 1 atom stereocenters. The van der Waals surface area contributed by atoms with E-state index in [0.29, 0.717) is 5.92 Å². The van der Waals surface area contributed by atoms with Crippen LogP contribution in [0.5, 0.6) is 5.75 Å². The van der Waals surface area contributed by atoms with E-state index >= 15 is 0 Å². The number of rotatable bonds is 5. The van der Waals surface area contributed by atoms with Gasteiger partial charge in [-0.1, -0.05) is 26.7 Å². The fourth-order valence-electron chi connectivity index (χ4n) is 2.21. The van der Waals surface area contributed by atoms with Gasteiger partial charge >= 0.3 is 0 Å². The maximum Gasteiger partial charge on any atom is 0.119 e.